The Kier molecular flexibility index (Phi) is 5.64. The zero-order valence-electron chi connectivity index (χ0n) is 11.3. The van der Waals surface area contributed by atoms with Gasteiger partial charge in [0.25, 0.3) is 0 Å². The van der Waals surface area contributed by atoms with Crippen LogP contribution in [0.2, 0.25) is 5.15 Å². The van der Waals surface area contributed by atoms with Crippen molar-refractivity contribution in [1.29, 1.82) is 0 Å². The van der Waals surface area contributed by atoms with Crippen LogP contribution in [0.5, 0.6) is 0 Å². The molecule has 20 heavy (non-hydrogen) atoms. The first-order valence-electron chi connectivity index (χ1n) is 5.78. The van der Waals surface area contributed by atoms with Crippen LogP contribution in [0, 0.1) is 5.82 Å². The summed E-state index contributed by atoms with van der Waals surface area (Å²) in [5, 5.41) is -0.427. The molecule has 0 aromatic carbocycles. The Morgan fingerprint density at radius 1 is 1.50 bits per heavy atom. The third kappa shape index (κ3) is 3.77. The Morgan fingerprint density at radius 2 is 2.15 bits per heavy atom. The second-order valence-corrected chi connectivity index (χ2v) is 4.38. The third-order valence-corrected chi connectivity index (χ3v) is 2.48. The van der Waals surface area contributed by atoms with Gasteiger partial charge in [0.15, 0.2) is 11.0 Å². The molecule has 0 bridgehead atoms. The summed E-state index contributed by atoms with van der Waals surface area (Å²) in [7, 11) is 3.25. The van der Waals surface area contributed by atoms with Crippen molar-refractivity contribution >= 4 is 23.4 Å². The summed E-state index contributed by atoms with van der Waals surface area (Å²) in [6, 6.07) is 1.16. The number of carbonyl (C=O) groups excluding carboxylic acids is 2. The van der Waals surface area contributed by atoms with Gasteiger partial charge in [0, 0.05) is 26.5 Å². The molecular weight excluding hydrogens is 287 g/mol. The molecule has 0 aliphatic carbocycles. The van der Waals surface area contributed by atoms with Crippen molar-refractivity contribution in [2.75, 3.05) is 20.7 Å². The summed E-state index contributed by atoms with van der Waals surface area (Å²) in [5.74, 6) is -2.59. The molecule has 0 fully saturated rings. The fourth-order valence-corrected chi connectivity index (χ4v) is 1.57. The molecule has 0 saturated carbocycles. The summed E-state index contributed by atoms with van der Waals surface area (Å²) in [4.78, 5) is 29.0. The third-order valence-electron chi connectivity index (χ3n) is 2.22. The molecule has 0 amide bonds. The number of ether oxygens (including phenoxy) is 1. The van der Waals surface area contributed by atoms with Crippen LogP contribution >= 0.6 is 11.6 Å². The molecule has 0 aliphatic heterocycles. The van der Waals surface area contributed by atoms with E-state index in [4.69, 9.17) is 16.3 Å². The van der Waals surface area contributed by atoms with Gasteiger partial charge in [-0.3, -0.25) is 4.79 Å². The van der Waals surface area contributed by atoms with E-state index in [0.29, 0.717) is 0 Å². The van der Waals surface area contributed by atoms with Gasteiger partial charge in [0.1, 0.15) is 5.57 Å². The number of hydrogen-bond acceptors (Lipinski definition) is 5. The molecule has 0 atom stereocenters. The molecule has 0 saturated heterocycles. The number of rotatable bonds is 5. The van der Waals surface area contributed by atoms with E-state index in [9.17, 15) is 14.0 Å². The summed E-state index contributed by atoms with van der Waals surface area (Å²) < 4.78 is 18.6. The van der Waals surface area contributed by atoms with Crippen LogP contribution in [0.4, 0.5) is 4.39 Å². The van der Waals surface area contributed by atoms with Crippen LogP contribution in [-0.4, -0.2) is 42.3 Å². The van der Waals surface area contributed by atoms with E-state index in [2.05, 4.69) is 4.98 Å². The van der Waals surface area contributed by atoms with Crippen LogP contribution < -0.4 is 0 Å². The zero-order valence-corrected chi connectivity index (χ0v) is 12.1. The minimum Gasteiger partial charge on any atom is -0.462 e. The molecule has 1 aromatic rings. The minimum absolute atomic E-state index is 0.108. The number of pyridine rings is 1. The van der Waals surface area contributed by atoms with Crippen molar-refractivity contribution in [2.24, 2.45) is 0 Å². The van der Waals surface area contributed by atoms with Crippen molar-refractivity contribution in [2.45, 2.75) is 6.92 Å². The summed E-state index contributed by atoms with van der Waals surface area (Å²) in [6.07, 6.45) is 2.46. The Balaban J connectivity index is 3.24. The van der Waals surface area contributed by atoms with E-state index in [-0.39, 0.29) is 17.7 Å². The average Bonchev–Trinajstić information content (AvgIpc) is 2.38. The molecule has 108 valence electrons. The van der Waals surface area contributed by atoms with Crippen molar-refractivity contribution < 1.29 is 18.7 Å². The van der Waals surface area contributed by atoms with Gasteiger partial charge >= 0.3 is 5.97 Å². The lowest BCUT2D eigenvalue weighted by molar-refractivity contribution is -0.138. The highest BCUT2D eigenvalue weighted by molar-refractivity contribution is 6.31. The first-order chi connectivity index (χ1) is 9.38. The maximum atomic E-state index is 13.8. The largest absolute Gasteiger partial charge is 0.462 e. The van der Waals surface area contributed by atoms with Crippen molar-refractivity contribution in [3.05, 3.63) is 40.6 Å². The Hall–Kier alpha value is -1.95. The number of Topliss-reactive ketones (excluding diaryl/α,β-unsaturated/α-hetero) is 1. The highest BCUT2D eigenvalue weighted by atomic mass is 35.5. The molecular formula is C13H14ClFN2O3. The van der Waals surface area contributed by atoms with Gasteiger partial charge in [-0.15, -0.1) is 0 Å². The minimum atomic E-state index is -0.965. The second kappa shape index (κ2) is 7.00. The molecule has 5 nitrogen and oxygen atoms in total. The normalized spacial score (nSPS) is 11.2. The first kappa shape index (κ1) is 16.1. The lowest BCUT2D eigenvalue weighted by Crippen LogP contribution is -2.20. The average molecular weight is 301 g/mol. The van der Waals surface area contributed by atoms with E-state index in [1.54, 1.807) is 21.0 Å². The molecule has 1 rings (SSSR count). The van der Waals surface area contributed by atoms with Gasteiger partial charge in [0.2, 0.25) is 5.78 Å². The predicted molar refractivity (Wildman–Crippen MR) is 71.9 cm³/mol. The molecule has 1 heterocycles. The van der Waals surface area contributed by atoms with E-state index >= 15 is 0 Å². The number of aromatic nitrogens is 1. The molecule has 0 N–H and O–H groups in total. The molecule has 0 spiro atoms. The zero-order chi connectivity index (χ0) is 15.3. The fraction of sp³-hybridized carbons (Fsp3) is 0.308. The van der Waals surface area contributed by atoms with Crippen LogP contribution in [0.15, 0.2) is 24.0 Å². The molecule has 1 aromatic heterocycles. The quantitative estimate of drug-likeness (QED) is 0.208. The Morgan fingerprint density at radius 3 is 2.70 bits per heavy atom. The predicted octanol–water partition coefficient (Wildman–Crippen LogP) is 2.07. The van der Waals surface area contributed by atoms with Crippen LogP contribution in [-0.2, 0) is 9.53 Å². The molecule has 7 heteroatoms. The van der Waals surface area contributed by atoms with Gasteiger partial charge < -0.3 is 9.64 Å². The number of esters is 1. The topological polar surface area (TPSA) is 59.5 Å². The van der Waals surface area contributed by atoms with E-state index in [1.165, 1.54) is 17.3 Å². The standard InChI is InChI=1S/C13H14ClFN2O3/c1-4-20-13(19)9(7-17(2)3)11(18)8-5-6-16-12(14)10(8)15/h5-7H,4H2,1-3H3. The first-order valence-corrected chi connectivity index (χ1v) is 6.16. The number of nitrogens with zero attached hydrogens (tertiary/aromatic N) is 2. The highest BCUT2D eigenvalue weighted by Crippen LogP contribution is 2.19. The summed E-state index contributed by atoms with van der Waals surface area (Å²) >= 11 is 5.52. The van der Waals surface area contributed by atoms with Gasteiger partial charge in [-0.2, -0.15) is 0 Å². The van der Waals surface area contributed by atoms with Crippen LogP contribution in [0.1, 0.15) is 17.3 Å². The van der Waals surface area contributed by atoms with Gasteiger partial charge in [-0.25, -0.2) is 14.2 Å². The second-order valence-electron chi connectivity index (χ2n) is 4.02. The molecule has 0 radical (unpaired) electrons. The molecule has 0 aliphatic rings. The Bertz CT molecular complexity index is 559. The lowest BCUT2D eigenvalue weighted by Gasteiger charge is -2.11. The van der Waals surface area contributed by atoms with E-state index in [0.717, 1.165) is 6.07 Å². The Labute approximate surface area is 121 Å². The summed E-state index contributed by atoms with van der Waals surface area (Å²) in [5.41, 5.74) is -0.607. The van der Waals surface area contributed by atoms with Gasteiger partial charge in [-0.1, -0.05) is 11.6 Å². The smallest absolute Gasteiger partial charge is 0.343 e. The molecule has 0 unspecified atom stereocenters. The lowest BCUT2D eigenvalue weighted by atomic mass is 10.0. The number of carbonyl (C=O) groups is 2. The van der Waals surface area contributed by atoms with Gasteiger partial charge in [-0.05, 0) is 13.0 Å². The number of hydrogen-bond donors (Lipinski definition) is 0. The van der Waals surface area contributed by atoms with Crippen molar-refractivity contribution in [1.82, 2.24) is 9.88 Å². The van der Waals surface area contributed by atoms with Crippen LogP contribution in [0.3, 0.4) is 0 Å². The van der Waals surface area contributed by atoms with Crippen molar-refractivity contribution in [3.63, 3.8) is 0 Å². The summed E-state index contributed by atoms with van der Waals surface area (Å²) in [6.45, 7) is 1.72. The monoisotopic (exact) mass is 300 g/mol. The van der Waals surface area contributed by atoms with E-state index in [1.807, 2.05) is 0 Å². The fourth-order valence-electron chi connectivity index (χ4n) is 1.41. The number of halogens is 2. The van der Waals surface area contributed by atoms with E-state index < -0.39 is 22.7 Å². The number of ketones is 1. The van der Waals surface area contributed by atoms with Crippen LogP contribution in [0.25, 0.3) is 0 Å². The maximum Gasteiger partial charge on any atom is 0.343 e. The SMILES string of the molecule is CCOC(=O)C(=CN(C)C)C(=O)c1ccnc(Cl)c1F. The highest BCUT2D eigenvalue weighted by Gasteiger charge is 2.25. The maximum absolute atomic E-state index is 13.8. The van der Waals surface area contributed by atoms with Gasteiger partial charge in [0.05, 0.1) is 12.2 Å². The van der Waals surface area contributed by atoms with Crippen molar-refractivity contribution in [3.8, 4) is 0 Å².